The molecule has 0 saturated carbocycles. The second-order valence-electron chi connectivity index (χ2n) is 4.20. The van der Waals surface area contributed by atoms with Crippen LogP contribution in [0.1, 0.15) is 6.92 Å². The SMILES string of the molecule is CCOc1cc(OCCOCCOCCOC)ccc1N. The molecule has 0 unspecified atom stereocenters. The number of anilines is 1. The van der Waals surface area contributed by atoms with Crippen molar-refractivity contribution in [2.45, 2.75) is 6.92 Å². The molecule has 1 aromatic rings. The highest BCUT2D eigenvalue weighted by atomic mass is 16.6. The largest absolute Gasteiger partial charge is 0.492 e. The van der Waals surface area contributed by atoms with Gasteiger partial charge in [-0.3, -0.25) is 0 Å². The van der Waals surface area contributed by atoms with Crippen molar-refractivity contribution in [3.63, 3.8) is 0 Å². The van der Waals surface area contributed by atoms with Gasteiger partial charge in [-0.2, -0.15) is 0 Å². The van der Waals surface area contributed by atoms with Crippen LogP contribution in [0.25, 0.3) is 0 Å². The fraction of sp³-hybridized carbons (Fsp3) is 0.600. The zero-order valence-electron chi connectivity index (χ0n) is 12.8. The molecule has 21 heavy (non-hydrogen) atoms. The molecule has 0 saturated heterocycles. The third-order valence-corrected chi connectivity index (χ3v) is 2.59. The summed E-state index contributed by atoms with van der Waals surface area (Å²) < 4.78 is 26.5. The van der Waals surface area contributed by atoms with Crippen molar-refractivity contribution in [2.24, 2.45) is 0 Å². The molecule has 0 bridgehead atoms. The first kappa shape index (κ1) is 17.6. The van der Waals surface area contributed by atoms with E-state index >= 15 is 0 Å². The van der Waals surface area contributed by atoms with Gasteiger partial charge in [0.25, 0.3) is 0 Å². The van der Waals surface area contributed by atoms with E-state index in [0.29, 0.717) is 63.4 Å². The van der Waals surface area contributed by atoms with Gasteiger partial charge in [-0.05, 0) is 19.1 Å². The van der Waals surface area contributed by atoms with Gasteiger partial charge < -0.3 is 29.4 Å². The maximum atomic E-state index is 5.79. The van der Waals surface area contributed by atoms with Crippen molar-refractivity contribution in [1.82, 2.24) is 0 Å². The van der Waals surface area contributed by atoms with Crippen LogP contribution < -0.4 is 15.2 Å². The first-order valence-electron chi connectivity index (χ1n) is 7.07. The van der Waals surface area contributed by atoms with Crippen molar-refractivity contribution in [3.05, 3.63) is 18.2 Å². The second kappa shape index (κ2) is 11.2. The molecule has 1 rings (SSSR count). The van der Waals surface area contributed by atoms with E-state index in [1.807, 2.05) is 13.0 Å². The quantitative estimate of drug-likeness (QED) is 0.468. The highest BCUT2D eigenvalue weighted by molar-refractivity contribution is 5.55. The van der Waals surface area contributed by atoms with E-state index in [9.17, 15) is 0 Å². The van der Waals surface area contributed by atoms with Gasteiger partial charge in [-0.15, -0.1) is 0 Å². The van der Waals surface area contributed by atoms with Crippen LogP contribution in [0.2, 0.25) is 0 Å². The van der Waals surface area contributed by atoms with E-state index in [1.165, 1.54) is 0 Å². The molecule has 0 aliphatic rings. The number of methoxy groups -OCH3 is 1. The molecule has 0 aliphatic carbocycles. The van der Waals surface area contributed by atoms with Crippen LogP contribution in [0, 0.1) is 0 Å². The summed E-state index contributed by atoms with van der Waals surface area (Å²) >= 11 is 0. The lowest BCUT2D eigenvalue weighted by molar-refractivity contribution is 0.0179. The van der Waals surface area contributed by atoms with Crippen molar-refractivity contribution in [3.8, 4) is 11.5 Å². The first-order chi connectivity index (χ1) is 10.3. The van der Waals surface area contributed by atoms with E-state index in [2.05, 4.69) is 0 Å². The molecule has 0 fully saturated rings. The number of nitrogen functional groups attached to an aromatic ring is 1. The van der Waals surface area contributed by atoms with E-state index in [-0.39, 0.29) is 0 Å². The summed E-state index contributed by atoms with van der Waals surface area (Å²) in [4.78, 5) is 0. The van der Waals surface area contributed by atoms with Crippen molar-refractivity contribution < 1.29 is 23.7 Å². The van der Waals surface area contributed by atoms with Crippen molar-refractivity contribution in [1.29, 1.82) is 0 Å². The van der Waals surface area contributed by atoms with Gasteiger partial charge in [-0.1, -0.05) is 0 Å². The van der Waals surface area contributed by atoms with Crippen LogP contribution >= 0.6 is 0 Å². The van der Waals surface area contributed by atoms with Gasteiger partial charge >= 0.3 is 0 Å². The fourth-order valence-corrected chi connectivity index (χ4v) is 1.57. The minimum Gasteiger partial charge on any atom is -0.492 e. The zero-order valence-corrected chi connectivity index (χ0v) is 12.8. The molecule has 0 atom stereocenters. The maximum absolute atomic E-state index is 5.79. The Hall–Kier alpha value is -1.50. The van der Waals surface area contributed by atoms with Gasteiger partial charge in [0.2, 0.25) is 0 Å². The molecule has 120 valence electrons. The van der Waals surface area contributed by atoms with Crippen LogP contribution in [0.15, 0.2) is 18.2 Å². The third-order valence-electron chi connectivity index (χ3n) is 2.59. The number of benzene rings is 1. The Morgan fingerprint density at radius 2 is 1.57 bits per heavy atom. The van der Waals surface area contributed by atoms with Gasteiger partial charge in [0.15, 0.2) is 0 Å². The smallest absolute Gasteiger partial charge is 0.145 e. The number of rotatable bonds is 12. The predicted octanol–water partition coefficient (Wildman–Crippen LogP) is 1.73. The first-order valence-corrected chi connectivity index (χ1v) is 7.07. The fourth-order valence-electron chi connectivity index (χ4n) is 1.57. The topological polar surface area (TPSA) is 72.2 Å². The molecule has 0 aliphatic heterocycles. The monoisotopic (exact) mass is 299 g/mol. The molecular weight excluding hydrogens is 274 g/mol. The predicted molar refractivity (Wildman–Crippen MR) is 81.0 cm³/mol. The Bertz CT molecular complexity index is 386. The highest BCUT2D eigenvalue weighted by Gasteiger charge is 2.02. The van der Waals surface area contributed by atoms with E-state index in [4.69, 9.17) is 29.4 Å². The Balaban J connectivity index is 2.11. The van der Waals surface area contributed by atoms with Gasteiger partial charge in [0, 0.05) is 13.2 Å². The molecule has 0 amide bonds. The van der Waals surface area contributed by atoms with Crippen molar-refractivity contribution in [2.75, 3.05) is 59.1 Å². The summed E-state index contributed by atoms with van der Waals surface area (Å²) in [5.41, 5.74) is 6.40. The Morgan fingerprint density at radius 1 is 0.905 bits per heavy atom. The van der Waals surface area contributed by atoms with Gasteiger partial charge in [-0.25, -0.2) is 0 Å². The van der Waals surface area contributed by atoms with Crippen LogP contribution in [-0.4, -0.2) is 53.4 Å². The number of nitrogens with two attached hydrogens (primary N) is 1. The van der Waals surface area contributed by atoms with E-state index in [1.54, 1.807) is 19.2 Å². The molecule has 1 aromatic carbocycles. The van der Waals surface area contributed by atoms with Crippen LogP contribution in [-0.2, 0) is 14.2 Å². The number of hydrogen-bond donors (Lipinski definition) is 1. The van der Waals surface area contributed by atoms with Crippen molar-refractivity contribution >= 4 is 5.69 Å². The van der Waals surface area contributed by atoms with E-state index < -0.39 is 0 Å². The molecule has 6 heteroatoms. The van der Waals surface area contributed by atoms with Crippen LogP contribution in [0.5, 0.6) is 11.5 Å². The average Bonchev–Trinajstić information content (AvgIpc) is 2.49. The lowest BCUT2D eigenvalue weighted by Crippen LogP contribution is -2.12. The normalized spacial score (nSPS) is 10.6. The summed E-state index contributed by atoms with van der Waals surface area (Å²) in [5, 5.41) is 0. The summed E-state index contributed by atoms with van der Waals surface area (Å²) in [6, 6.07) is 5.36. The average molecular weight is 299 g/mol. The minimum atomic E-state index is 0.466. The standard InChI is InChI=1S/C15H25NO5/c1-3-20-15-12-13(4-5-14(15)16)21-11-10-19-9-8-18-7-6-17-2/h4-5,12H,3,6-11,16H2,1-2H3. The minimum absolute atomic E-state index is 0.466. The molecular formula is C15H25NO5. The Labute approximate surface area is 126 Å². The summed E-state index contributed by atoms with van der Waals surface area (Å²) in [6.07, 6.45) is 0. The summed E-state index contributed by atoms with van der Waals surface area (Å²) in [7, 11) is 1.64. The Kier molecular flexibility index (Phi) is 9.35. The molecule has 2 N–H and O–H groups in total. The van der Waals surface area contributed by atoms with Gasteiger partial charge in [0.05, 0.1) is 45.3 Å². The highest BCUT2D eigenvalue weighted by Crippen LogP contribution is 2.26. The molecule has 6 nitrogen and oxygen atoms in total. The zero-order chi connectivity index (χ0) is 15.3. The summed E-state index contributed by atoms with van der Waals surface area (Å²) in [6.45, 7) is 5.73. The van der Waals surface area contributed by atoms with Crippen LogP contribution in [0.4, 0.5) is 5.69 Å². The molecule has 0 heterocycles. The number of ether oxygens (including phenoxy) is 5. The second-order valence-corrected chi connectivity index (χ2v) is 4.20. The lowest BCUT2D eigenvalue weighted by atomic mass is 10.3. The Morgan fingerprint density at radius 3 is 2.24 bits per heavy atom. The molecule has 0 spiro atoms. The van der Waals surface area contributed by atoms with Crippen LogP contribution in [0.3, 0.4) is 0 Å². The van der Waals surface area contributed by atoms with Gasteiger partial charge in [0.1, 0.15) is 18.1 Å². The number of hydrogen-bond acceptors (Lipinski definition) is 6. The van der Waals surface area contributed by atoms with E-state index in [0.717, 1.165) is 0 Å². The molecule has 0 radical (unpaired) electrons. The lowest BCUT2D eigenvalue weighted by Gasteiger charge is -2.11. The summed E-state index contributed by atoms with van der Waals surface area (Å²) in [5.74, 6) is 1.36. The maximum Gasteiger partial charge on any atom is 0.145 e. The molecule has 0 aromatic heterocycles. The third kappa shape index (κ3) is 7.75.